The van der Waals surface area contributed by atoms with Crippen LogP contribution in [0, 0.1) is 5.92 Å². The van der Waals surface area contributed by atoms with E-state index >= 15 is 0 Å². The summed E-state index contributed by atoms with van der Waals surface area (Å²) in [5, 5.41) is 6.39. The van der Waals surface area contributed by atoms with Crippen molar-refractivity contribution in [3.63, 3.8) is 0 Å². The van der Waals surface area contributed by atoms with Crippen molar-refractivity contribution in [1.82, 2.24) is 24.8 Å². The lowest BCUT2D eigenvalue weighted by Gasteiger charge is -2.31. The topological polar surface area (TPSA) is 80.1 Å². The van der Waals surface area contributed by atoms with Gasteiger partial charge < -0.3 is 20.3 Å². The third-order valence-electron chi connectivity index (χ3n) is 7.28. The summed E-state index contributed by atoms with van der Waals surface area (Å²) in [6.45, 7) is 1.58. The highest BCUT2D eigenvalue weighted by atomic mass is 19.3. The zero-order valence-corrected chi connectivity index (χ0v) is 21.1. The van der Waals surface area contributed by atoms with E-state index in [-0.39, 0.29) is 11.9 Å². The number of hydrogen-bond donors (Lipinski definition) is 2. The predicted molar refractivity (Wildman–Crippen MR) is 138 cm³/mol. The molecule has 3 heterocycles. The van der Waals surface area contributed by atoms with E-state index in [4.69, 9.17) is 9.72 Å². The van der Waals surface area contributed by atoms with Gasteiger partial charge in [0.05, 0.1) is 30.3 Å². The minimum absolute atomic E-state index is 0.109. The lowest BCUT2D eigenvalue weighted by molar-refractivity contribution is 0.122. The summed E-state index contributed by atoms with van der Waals surface area (Å²) in [6, 6.07) is 8.10. The zero-order chi connectivity index (χ0) is 26.5. The van der Waals surface area contributed by atoms with E-state index in [2.05, 4.69) is 25.5 Å². The van der Waals surface area contributed by atoms with Crippen LogP contribution in [0.3, 0.4) is 0 Å². The highest BCUT2D eigenvalue weighted by Gasteiger charge is 2.25. The molecule has 0 amide bonds. The lowest BCUT2D eigenvalue weighted by atomic mass is 9.85. The maximum Gasteiger partial charge on any atom is 0.296 e. The van der Waals surface area contributed by atoms with Gasteiger partial charge in [-0.3, -0.25) is 4.57 Å². The molecular weight excluding hydrogens is 502 g/mol. The fraction of sp³-hybridized carbons (Fsp3) is 0.577. The molecule has 1 saturated heterocycles. The maximum absolute atomic E-state index is 14.0. The van der Waals surface area contributed by atoms with Crippen molar-refractivity contribution < 1.29 is 22.3 Å². The number of nitrogens with zero attached hydrogens (tertiary/aromatic N) is 5. The van der Waals surface area contributed by atoms with Gasteiger partial charge in [-0.15, -0.1) is 0 Å². The number of anilines is 2. The second kappa shape index (κ2) is 12.2. The Morgan fingerprint density at radius 1 is 0.947 bits per heavy atom. The van der Waals surface area contributed by atoms with Gasteiger partial charge in [-0.05, 0) is 43.7 Å². The quantitative estimate of drug-likeness (QED) is 0.371. The normalized spacial score (nSPS) is 20.5. The van der Waals surface area contributed by atoms with Gasteiger partial charge in [-0.2, -0.15) is 9.97 Å². The van der Waals surface area contributed by atoms with Crippen LogP contribution in [0.25, 0.3) is 16.9 Å². The summed E-state index contributed by atoms with van der Waals surface area (Å²) < 4.78 is 60.7. The van der Waals surface area contributed by atoms with Gasteiger partial charge in [0.25, 0.3) is 6.43 Å². The molecule has 1 aromatic carbocycles. The third-order valence-corrected chi connectivity index (χ3v) is 7.28. The van der Waals surface area contributed by atoms with Crippen LogP contribution in [0.15, 0.2) is 30.3 Å². The molecule has 0 atom stereocenters. The average Bonchev–Trinajstić information content (AvgIpc) is 3.36. The van der Waals surface area contributed by atoms with Crippen LogP contribution in [0.1, 0.15) is 37.9 Å². The third kappa shape index (κ3) is 6.01. The maximum atomic E-state index is 14.0. The van der Waals surface area contributed by atoms with Gasteiger partial charge in [0.2, 0.25) is 5.95 Å². The SMILES string of the molecule is FCC(CF)N[C@H]1CC[C@H](CNc2nc(N3CCOCC3)cc(-n3c(C(F)F)nc4ccccc43)n2)CC1. The molecule has 5 rings (SSSR count). The number of rotatable bonds is 10. The summed E-state index contributed by atoms with van der Waals surface area (Å²) in [4.78, 5) is 15.6. The average molecular weight is 536 g/mol. The molecular formula is C26H33F4N7O. The van der Waals surface area contributed by atoms with Crippen LogP contribution in [-0.4, -0.2) is 77.8 Å². The van der Waals surface area contributed by atoms with Crippen LogP contribution in [-0.2, 0) is 4.74 Å². The number of imidazole rings is 1. The van der Waals surface area contributed by atoms with Crippen LogP contribution in [0.5, 0.6) is 0 Å². The molecule has 1 saturated carbocycles. The van der Waals surface area contributed by atoms with E-state index in [1.807, 2.05) is 0 Å². The second-order valence-electron chi connectivity index (χ2n) is 9.87. The molecule has 0 unspecified atom stereocenters. The van der Waals surface area contributed by atoms with E-state index in [1.165, 1.54) is 4.57 Å². The van der Waals surface area contributed by atoms with Gasteiger partial charge in [-0.1, -0.05) is 12.1 Å². The fourth-order valence-electron chi connectivity index (χ4n) is 5.23. The van der Waals surface area contributed by atoms with Gasteiger partial charge in [0.1, 0.15) is 25.0 Å². The Morgan fingerprint density at radius 2 is 1.66 bits per heavy atom. The van der Waals surface area contributed by atoms with Gasteiger partial charge >= 0.3 is 0 Å². The molecule has 1 aliphatic heterocycles. The largest absolute Gasteiger partial charge is 0.378 e. The number of fused-ring (bicyclic) bond motifs is 1. The van der Waals surface area contributed by atoms with Crippen molar-refractivity contribution in [3.05, 3.63) is 36.2 Å². The zero-order valence-electron chi connectivity index (χ0n) is 21.1. The number of ether oxygens (including phenoxy) is 1. The van der Waals surface area contributed by atoms with Crippen LogP contribution >= 0.6 is 0 Å². The number of benzene rings is 1. The Bertz CT molecular complexity index is 1190. The smallest absolute Gasteiger partial charge is 0.296 e. The molecule has 2 fully saturated rings. The van der Waals surface area contributed by atoms with Crippen molar-refractivity contribution in [2.24, 2.45) is 5.92 Å². The first-order valence-electron chi connectivity index (χ1n) is 13.1. The number of para-hydroxylation sites is 2. The first-order chi connectivity index (χ1) is 18.6. The number of nitrogens with one attached hydrogen (secondary N) is 2. The second-order valence-corrected chi connectivity index (χ2v) is 9.87. The molecule has 38 heavy (non-hydrogen) atoms. The summed E-state index contributed by atoms with van der Waals surface area (Å²) >= 11 is 0. The Balaban J connectivity index is 1.37. The highest BCUT2D eigenvalue weighted by molar-refractivity contribution is 5.78. The standard InChI is InChI=1S/C26H33F4N7O/c27-14-19(15-28)32-18-7-5-17(6-8-18)16-31-26-34-22(36-9-11-38-12-10-36)13-23(35-26)37-21-4-2-1-3-20(21)33-25(37)24(29)30/h1-4,13,17-19,24,32H,5-12,14-16H2,(H,31,34,35)/t17-,18-. The summed E-state index contributed by atoms with van der Waals surface area (Å²) in [5.74, 6) is 1.29. The van der Waals surface area contributed by atoms with Crippen molar-refractivity contribution in [3.8, 4) is 5.82 Å². The molecule has 0 bridgehead atoms. The van der Waals surface area contributed by atoms with Crippen molar-refractivity contribution in [2.45, 2.75) is 44.2 Å². The molecule has 3 aromatic rings. The summed E-state index contributed by atoms with van der Waals surface area (Å²) in [6.07, 6.45) is 0.684. The van der Waals surface area contributed by atoms with E-state index in [9.17, 15) is 17.6 Å². The van der Waals surface area contributed by atoms with E-state index < -0.39 is 25.8 Å². The Morgan fingerprint density at radius 3 is 2.37 bits per heavy atom. The number of aromatic nitrogens is 4. The molecule has 2 aromatic heterocycles. The molecule has 2 aliphatic rings. The Labute approximate surface area is 218 Å². The van der Waals surface area contributed by atoms with Crippen LogP contribution < -0.4 is 15.5 Å². The molecule has 206 valence electrons. The lowest BCUT2D eigenvalue weighted by Crippen LogP contribution is -2.43. The van der Waals surface area contributed by atoms with Crippen molar-refractivity contribution in [2.75, 3.05) is 56.4 Å². The fourth-order valence-corrected chi connectivity index (χ4v) is 5.23. The molecule has 2 N–H and O–H groups in total. The molecule has 0 spiro atoms. The summed E-state index contributed by atoms with van der Waals surface area (Å²) in [5.41, 5.74) is 1.02. The van der Waals surface area contributed by atoms with Gasteiger partial charge in [-0.25, -0.2) is 22.5 Å². The van der Waals surface area contributed by atoms with Crippen molar-refractivity contribution >= 4 is 22.8 Å². The molecule has 12 heteroatoms. The molecule has 1 aliphatic carbocycles. The van der Waals surface area contributed by atoms with E-state index in [1.54, 1.807) is 30.3 Å². The number of morpholine rings is 1. The number of alkyl halides is 4. The Hall–Kier alpha value is -2.99. The van der Waals surface area contributed by atoms with Crippen LogP contribution in [0.2, 0.25) is 0 Å². The molecule has 0 radical (unpaired) electrons. The van der Waals surface area contributed by atoms with Gasteiger partial charge in [0, 0.05) is 31.7 Å². The minimum atomic E-state index is -2.78. The summed E-state index contributed by atoms with van der Waals surface area (Å²) in [7, 11) is 0. The van der Waals surface area contributed by atoms with E-state index in [0.717, 1.165) is 25.7 Å². The number of halogens is 4. The Kier molecular flexibility index (Phi) is 8.58. The number of hydrogen-bond acceptors (Lipinski definition) is 7. The highest BCUT2D eigenvalue weighted by Crippen LogP contribution is 2.30. The molecule has 8 nitrogen and oxygen atoms in total. The van der Waals surface area contributed by atoms with Gasteiger partial charge in [0.15, 0.2) is 5.82 Å². The first kappa shape index (κ1) is 26.6. The first-order valence-corrected chi connectivity index (χ1v) is 13.1. The monoisotopic (exact) mass is 535 g/mol. The van der Waals surface area contributed by atoms with E-state index in [0.29, 0.717) is 67.4 Å². The minimum Gasteiger partial charge on any atom is -0.378 e. The van der Waals surface area contributed by atoms with Crippen LogP contribution in [0.4, 0.5) is 29.3 Å². The predicted octanol–water partition coefficient (Wildman–Crippen LogP) is 4.46. The van der Waals surface area contributed by atoms with Crippen molar-refractivity contribution in [1.29, 1.82) is 0 Å².